The number of phenols is 1. The molecule has 2 saturated heterocycles. The third-order valence-electron chi connectivity index (χ3n) is 10.8. The van der Waals surface area contributed by atoms with Crippen LogP contribution in [0.4, 0.5) is 26.1 Å². The molecule has 2 N–H and O–H groups in total. The first kappa shape index (κ1) is 32.0. The summed E-state index contributed by atoms with van der Waals surface area (Å²) in [5.41, 5.74) is 4.17. The van der Waals surface area contributed by atoms with Gasteiger partial charge in [-0.3, -0.25) is 9.58 Å². The highest BCUT2D eigenvalue weighted by Gasteiger charge is 2.49. The van der Waals surface area contributed by atoms with Gasteiger partial charge in [-0.25, -0.2) is 8.78 Å². The van der Waals surface area contributed by atoms with Gasteiger partial charge in [-0.05, 0) is 75.6 Å². The number of phenolic OH excluding ortho intramolecular Hbond substituents is 1. The fourth-order valence-electron chi connectivity index (χ4n) is 8.65. The summed E-state index contributed by atoms with van der Waals surface area (Å²) in [6, 6.07) is 9.37. The highest BCUT2D eigenvalue weighted by atomic mass is 19.1. The van der Waals surface area contributed by atoms with E-state index in [1.165, 1.54) is 6.07 Å². The van der Waals surface area contributed by atoms with Gasteiger partial charge < -0.3 is 25.0 Å². The minimum absolute atomic E-state index is 0.143. The number of anilines is 3. The van der Waals surface area contributed by atoms with Crippen molar-refractivity contribution in [2.24, 2.45) is 0 Å². The zero-order chi connectivity index (χ0) is 33.9. The van der Waals surface area contributed by atoms with E-state index in [1.807, 2.05) is 6.92 Å². The van der Waals surface area contributed by atoms with Gasteiger partial charge in [-0.15, -0.1) is 0 Å². The molecule has 2 aromatic carbocycles. The number of hydrogen-bond donors (Lipinski definition) is 2. The lowest BCUT2D eigenvalue weighted by Gasteiger charge is -2.35. The molecule has 0 unspecified atom stereocenters. The summed E-state index contributed by atoms with van der Waals surface area (Å²) in [6.07, 6.45) is 3.70. The zero-order valence-electron chi connectivity index (χ0n) is 28.7. The molecule has 4 aliphatic rings. The van der Waals surface area contributed by atoms with Gasteiger partial charge in [0.2, 0.25) is 0 Å². The Bertz CT molecular complexity index is 1880. The van der Waals surface area contributed by atoms with Crippen LogP contribution in [-0.4, -0.2) is 80.3 Å². The van der Waals surface area contributed by atoms with Gasteiger partial charge in [0.25, 0.3) is 0 Å². The molecule has 4 aromatic rings. The van der Waals surface area contributed by atoms with Crippen LogP contribution >= 0.6 is 0 Å². The molecule has 0 spiro atoms. The molecule has 2 atom stereocenters. The molecular weight excluding hydrogens is 626 g/mol. The summed E-state index contributed by atoms with van der Waals surface area (Å²) in [6.45, 7) is 11.3. The van der Waals surface area contributed by atoms with Crippen molar-refractivity contribution in [1.82, 2.24) is 24.6 Å². The molecule has 2 fully saturated rings. The fraction of sp³-hybridized carbons (Fsp3) is 0.541. The average molecular weight is 673 g/mol. The Morgan fingerprint density at radius 3 is 2.78 bits per heavy atom. The van der Waals surface area contributed by atoms with Gasteiger partial charge in [-0.2, -0.15) is 15.1 Å². The first-order chi connectivity index (χ1) is 23.7. The second kappa shape index (κ2) is 12.6. The molecule has 0 aliphatic carbocycles. The van der Waals surface area contributed by atoms with E-state index in [0.717, 1.165) is 83.9 Å². The standard InChI is InChI=1S/C37H46F2N8O2/c1-4-28-30(39)8-7-24-15-27(48)17-32(34(24)28)44-14-9-29-31(21-44)41-36(49-22-37-10-5-12-46(37)19-25(38)18-37)42-35(29)45-11-6-13-47-26(20-45)16-33(43-47)40-23(2)3/h7-8,15-17,23,25,48H,4-6,9-14,18-22H2,1-3H3,(H,40,43)/t25-,37+/m1/s1. The Morgan fingerprint density at radius 1 is 1.06 bits per heavy atom. The molecule has 12 heteroatoms. The first-order valence-electron chi connectivity index (χ1n) is 17.9. The van der Waals surface area contributed by atoms with Crippen molar-refractivity contribution in [2.75, 3.05) is 47.9 Å². The highest BCUT2D eigenvalue weighted by molar-refractivity contribution is 5.98. The van der Waals surface area contributed by atoms with Crippen LogP contribution in [0, 0.1) is 5.82 Å². The smallest absolute Gasteiger partial charge is 0.318 e. The Labute approximate surface area is 286 Å². The molecule has 0 bridgehead atoms. The second-order valence-corrected chi connectivity index (χ2v) is 14.6. The number of aryl methyl sites for hydroxylation is 2. The number of alkyl halides is 1. The summed E-state index contributed by atoms with van der Waals surface area (Å²) in [5.74, 6) is 1.64. The van der Waals surface area contributed by atoms with E-state index in [9.17, 15) is 9.50 Å². The van der Waals surface area contributed by atoms with Crippen molar-refractivity contribution in [3.63, 3.8) is 0 Å². The molecule has 2 aromatic heterocycles. The van der Waals surface area contributed by atoms with E-state index in [4.69, 9.17) is 19.8 Å². The number of halogens is 2. The summed E-state index contributed by atoms with van der Waals surface area (Å²) < 4.78 is 38.3. The van der Waals surface area contributed by atoms with Crippen LogP contribution in [0.5, 0.6) is 11.8 Å². The van der Waals surface area contributed by atoms with E-state index >= 15 is 4.39 Å². The number of nitrogens with one attached hydrogen (secondary N) is 1. The van der Waals surface area contributed by atoms with Crippen molar-refractivity contribution >= 4 is 28.1 Å². The van der Waals surface area contributed by atoms with Crippen LogP contribution in [0.3, 0.4) is 0 Å². The van der Waals surface area contributed by atoms with Crippen molar-refractivity contribution in [3.8, 4) is 11.8 Å². The third kappa shape index (κ3) is 5.91. The van der Waals surface area contributed by atoms with E-state index in [0.29, 0.717) is 63.6 Å². The third-order valence-corrected chi connectivity index (χ3v) is 10.8. The van der Waals surface area contributed by atoms with E-state index in [1.54, 1.807) is 18.2 Å². The minimum atomic E-state index is -0.843. The quantitative estimate of drug-likeness (QED) is 0.235. The average Bonchev–Trinajstić information content (AvgIpc) is 3.68. The summed E-state index contributed by atoms with van der Waals surface area (Å²) in [4.78, 5) is 16.9. The van der Waals surface area contributed by atoms with Crippen LogP contribution < -0.4 is 19.9 Å². The van der Waals surface area contributed by atoms with Gasteiger partial charge in [0, 0.05) is 67.4 Å². The fourth-order valence-corrected chi connectivity index (χ4v) is 8.65. The molecule has 4 aliphatic heterocycles. The number of rotatable bonds is 8. The Morgan fingerprint density at radius 2 is 1.94 bits per heavy atom. The second-order valence-electron chi connectivity index (χ2n) is 14.6. The Kier molecular flexibility index (Phi) is 8.24. The van der Waals surface area contributed by atoms with Crippen LogP contribution in [0.25, 0.3) is 10.8 Å². The van der Waals surface area contributed by atoms with Crippen LogP contribution in [0.1, 0.15) is 69.0 Å². The number of hydrogen-bond acceptors (Lipinski definition) is 9. The van der Waals surface area contributed by atoms with Crippen LogP contribution in [-0.2, 0) is 32.5 Å². The lowest BCUT2D eigenvalue weighted by molar-refractivity contribution is 0.107. The number of fused-ring (bicyclic) bond motifs is 4. The van der Waals surface area contributed by atoms with Crippen molar-refractivity contribution in [1.29, 1.82) is 0 Å². The number of aromatic hydroxyl groups is 1. The predicted molar refractivity (Wildman–Crippen MR) is 187 cm³/mol. The number of nitrogens with zero attached hydrogens (tertiary/aromatic N) is 7. The zero-order valence-corrected chi connectivity index (χ0v) is 28.7. The molecule has 49 heavy (non-hydrogen) atoms. The van der Waals surface area contributed by atoms with Crippen molar-refractivity contribution in [3.05, 3.63) is 58.7 Å². The maximum absolute atomic E-state index is 15.1. The summed E-state index contributed by atoms with van der Waals surface area (Å²) in [7, 11) is 0. The summed E-state index contributed by atoms with van der Waals surface area (Å²) >= 11 is 0. The highest BCUT2D eigenvalue weighted by Crippen LogP contribution is 2.42. The SMILES string of the molecule is CCc1c(F)ccc2cc(O)cc(N3CCc4c(nc(OC[C@@]56CCCN5C[C@H](F)C6)nc4N4CCCn5nc(NC(C)C)cc5C4)C3)c12. The molecule has 8 rings (SSSR count). The lowest BCUT2D eigenvalue weighted by atomic mass is 9.95. The van der Waals surface area contributed by atoms with Crippen LogP contribution in [0.2, 0.25) is 0 Å². The normalized spacial score (nSPS) is 22.4. The molecule has 6 heterocycles. The largest absolute Gasteiger partial charge is 0.508 e. The van der Waals surface area contributed by atoms with Gasteiger partial charge >= 0.3 is 6.01 Å². The minimum Gasteiger partial charge on any atom is -0.508 e. The number of aromatic nitrogens is 4. The topological polar surface area (TPSA) is 94.8 Å². The van der Waals surface area contributed by atoms with Gasteiger partial charge in [-0.1, -0.05) is 13.0 Å². The Balaban J connectivity index is 1.17. The monoisotopic (exact) mass is 672 g/mol. The van der Waals surface area contributed by atoms with E-state index in [2.05, 4.69) is 44.6 Å². The van der Waals surface area contributed by atoms with Crippen molar-refractivity contribution < 1.29 is 18.6 Å². The van der Waals surface area contributed by atoms with Gasteiger partial charge in [0.1, 0.15) is 36.0 Å². The van der Waals surface area contributed by atoms with E-state index in [-0.39, 0.29) is 23.1 Å². The molecule has 10 nitrogen and oxygen atoms in total. The van der Waals surface area contributed by atoms with Crippen LogP contribution in [0.15, 0.2) is 30.3 Å². The van der Waals surface area contributed by atoms with Gasteiger partial charge in [0.05, 0.1) is 30.0 Å². The maximum Gasteiger partial charge on any atom is 0.318 e. The molecular formula is C37H46F2N8O2. The molecule has 0 amide bonds. The molecule has 0 radical (unpaired) electrons. The maximum atomic E-state index is 15.1. The van der Waals surface area contributed by atoms with E-state index < -0.39 is 6.17 Å². The number of benzene rings is 2. The molecule has 0 saturated carbocycles. The summed E-state index contributed by atoms with van der Waals surface area (Å²) in [5, 5.41) is 20.6. The first-order valence-corrected chi connectivity index (χ1v) is 17.9. The Hall–Kier alpha value is -4.19. The number of ether oxygens (including phenoxy) is 1. The molecule has 260 valence electrons. The predicted octanol–water partition coefficient (Wildman–Crippen LogP) is 5.98. The van der Waals surface area contributed by atoms with Gasteiger partial charge in [0.15, 0.2) is 0 Å². The van der Waals surface area contributed by atoms with Crippen molar-refractivity contribution in [2.45, 2.75) is 96.7 Å². The lowest BCUT2D eigenvalue weighted by Crippen LogP contribution is -2.43.